The topological polar surface area (TPSA) is 49.9 Å². The highest BCUT2D eigenvalue weighted by atomic mass is 16.3. The molecule has 8 aromatic carbocycles. The van der Waals surface area contributed by atoms with E-state index < -0.39 is 0 Å². The average molecular weight is 654 g/mol. The maximum absolute atomic E-state index is 6.75. The summed E-state index contributed by atoms with van der Waals surface area (Å²) in [6.45, 7) is 0. The molecule has 1 atom stereocenters. The van der Waals surface area contributed by atoms with E-state index >= 15 is 0 Å². The van der Waals surface area contributed by atoms with Gasteiger partial charge in [0.15, 0.2) is 5.84 Å². The Morgan fingerprint density at radius 3 is 1.92 bits per heavy atom. The van der Waals surface area contributed by atoms with Gasteiger partial charge < -0.3 is 9.73 Å². The van der Waals surface area contributed by atoms with Crippen molar-refractivity contribution in [3.05, 3.63) is 193 Å². The summed E-state index contributed by atoms with van der Waals surface area (Å²) in [6, 6.07) is 61.6. The van der Waals surface area contributed by atoms with Crippen LogP contribution in [0.1, 0.15) is 22.9 Å². The van der Waals surface area contributed by atoms with Crippen molar-refractivity contribution in [3.8, 4) is 22.3 Å². The Morgan fingerprint density at radius 2 is 1.14 bits per heavy atom. The molecule has 1 aliphatic heterocycles. The fourth-order valence-electron chi connectivity index (χ4n) is 7.41. The molecule has 0 aliphatic carbocycles. The van der Waals surface area contributed by atoms with Crippen LogP contribution in [-0.4, -0.2) is 11.7 Å². The highest BCUT2D eigenvalue weighted by molar-refractivity contribution is 6.25. The van der Waals surface area contributed by atoms with Crippen LogP contribution in [0.4, 0.5) is 0 Å². The van der Waals surface area contributed by atoms with Crippen molar-refractivity contribution in [1.82, 2.24) is 5.32 Å². The van der Waals surface area contributed by atoms with Gasteiger partial charge in [-0.1, -0.05) is 158 Å². The lowest BCUT2D eigenvalue weighted by atomic mass is 9.96. The Hall–Kier alpha value is -6.78. The van der Waals surface area contributed by atoms with Crippen LogP contribution in [0.5, 0.6) is 0 Å². The zero-order valence-corrected chi connectivity index (χ0v) is 27.6. The fourth-order valence-corrected chi connectivity index (χ4v) is 7.41. The Balaban J connectivity index is 1.17. The first-order valence-corrected chi connectivity index (χ1v) is 17.3. The quantitative estimate of drug-likeness (QED) is 0.201. The fraction of sp³-hybridized carbons (Fsp3) is 0.0213. The summed E-state index contributed by atoms with van der Waals surface area (Å²) in [4.78, 5) is 10.6. The summed E-state index contributed by atoms with van der Waals surface area (Å²) in [7, 11) is 0. The van der Waals surface area contributed by atoms with Crippen molar-refractivity contribution in [1.29, 1.82) is 0 Å². The maximum atomic E-state index is 6.75. The predicted molar refractivity (Wildman–Crippen MR) is 211 cm³/mol. The van der Waals surface area contributed by atoms with Gasteiger partial charge in [-0.15, -0.1) is 0 Å². The first-order valence-electron chi connectivity index (χ1n) is 17.3. The third-order valence-electron chi connectivity index (χ3n) is 9.93. The van der Waals surface area contributed by atoms with Gasteiger partial charge in [0.2, 0.25) is 0 Å². The SMILES string of the molecule is c1ccc(C2=NC(c3cc(-c4ccccc4)cc4oc5c6ccccc6ccc5c34)=NC(c3ccc(-c4cccc5ccccc45)cc3)N2)cc1. The lowest BCUT2D eigenvalue weighted by molar-refractivity contribution is 0.671. The average Bonchev–Trinajstić information content (AvgIpc) is 3.60. The lowest BCUT2D eigenvalue weighted by Crippen LogP contribution is -2.33. The van der Waals surface area contributed by atoms with Gasteiger partial charge in [0.05, 0.1) is 0 Å². The molecule has 1 unspecified atom stereocenters. The molecule has 2 heterocycles. The van der Waals surface area contributed by atoms with E-state index in [0.29, 0.717) is 5.84 Å². The van der Waals surface area contributed by atoms with Crippen molar-refractivity contribution < 1.29 is 4.42 Å². The second kappa shape index (κ2) is 12.0. The Labute approximate surface area is 295 Å². The minimum absolute atomic E-state index is 0.358. The van der Waals surface area contributed by atoms with Gasteiger partial charge in [0.25, 0.3) is 0 Å². The summed E-state index contributed by atoms with van der Waals surface area (Å²) in [5.74, 6) is 1.44. The molecule has 0 saturated carbocycles. The predicted octanol–water partition coefficient (Wildman–Crippen LogP) is 11.7. The molecule has 9 aromatic rings. The number of furan rings is 1. The maximum Gasteiger partial charge on any atom is 0.160 e. The molecule has 0 radical (unpaired) electrons. The van der Waals surface area contributed by atoms with Crippen molar-refractivity contribution in [2.45, 2.75) is 6.17 Å². The zero-order chi connectivity index (χ0) is 33.7. The number of nitrogens with one attached hydrogen (secondary N) is 1. The molecule has 0 saturated heterocycles. The van der Waals surface area contributed by atoms with Crippen LogP contribution in [0.2, 0.25) is 0 Å². The van der Waals surface area contributed by atoms with Crippen molar-refractivity contribution in [3.63, 3.8) is 0 Å². The first kappa shape index (κ1) is 29.2. The van der Waals surface area contributed by atoms with Gasteiger partial charge in [0, 0.05) is 27.3 Å². The first-order chi connectivity index (χ1) is 25.3. The lowest BCUT2D eigenvalue weighted by Gasteiger charge is -2.24. The molecule has 0 spiro atoms. The molecule has 0 bridgehead atoms. The van der Waals surface area contributed by atoms with Crippen LogP contribution in [0.3, 0.4) is 0 Å². The standard InChI is InChI=1S/C47H31N3O/c1-3-12-30(13-4-1)36-28-41(43-40-27-26-32-15-8-10-20-39(32)44(40)51-42(43)29-36)47-49-45(34-16-5-2-6-17-34)48-46(50-47)35-24-22-33(23-25-35)38-21-11-18-31-14-7-9-19-37(31)38/h1-29,46H,(H,48,49,50). The number of hydrogen-bond acceptors (Lipinski definition) is 4. The summed E-state index contributed by atoms with van der Waals surface area (Å²) in [5.41, 5.74) is 9.21. The minimum atomic E-state index is -0.358. The third kappa shape index (κ3) is 5.08. The molecular formula is C47H31N3O. The van der Waals surface area contributed by atoms with Gasteiger partial charge in [-0.3, -0.25) is 0 Å². The molecule has 1 aliphatic rings. The summed E-state index contributed by atoms with van der Waals surface area (Å²) >= 11 is 0. The zero-order valence-electron chi connectivity index (χ0n) is 27.6. The largest absolute Gasteiger partial charge is 0.455 e. The minimum Gasteiger partial charge on any atom is -0.455 e. The molecule has 0 amide bonds. The number of amidine groups is 2. The Bertz CT molecular complexity index is 2810. The van der Waals surface area contributed by atoms with Gasteiger partial charge in [-0.2, -0.15) is 0 Å². The molecule has 4 heteroatoms. The second-order valence-corrected chi connectivity index (χ2v) is 13.0. The van der Waals surface area contributed by atoms with Gasteiger partial charge in [0.1, 0.15) is 23.2 Å². The second-order valence-electron chi connectivity index (χ2n) is 13.0. The number of rotatable bonds is 5. The molecule has 10 rings (SSSR count). The molecule has 4 nitrogen and oxygen atoms in total. The molecular weight excluding hydrogens is 623 g/mol. The molecule has 1 N–H and O–H groups in total. The van der Waals surface area contributed by atoms with Gasteiger partial charge >= 0.3 is 0 Å². The molecule has 240 valence electrons. The van der Waals surface area contributed by atoms with E-state index in [4.69, 9.17) is 14.4 Å². The van der Waals surface area contributed by atoms with E-state index in [9.17, 15) is 0 Å². The van der Waals surface area contributed by atoms with E-state index in [1.54, 1.807) is 0 Å². The summed E-state index contributed by atoms with van der Waals surface area (Å²) in [5, 5.41) is 10.4. The Kier molecular flexibility index (Phi) is 6.85. The van der Waals surface area contributed by atoms with E-state index in [2.05, 4.69) is 157 Å². The van der Waals surface area contributed by atoms with Crippen LogP contribution >= 0.6 is 0 Å². The van der Waals surface area contributed by atoms with Crippen LogP contribution in [-0.2, 0) is 0 Å². The number of benzene rings is 8. The normalized spacial score (nSPS) is 14.5. The molecule has 0 fully saturated rings. The third-order valence-corrected chi connectivity index (χ3v) is 9.93. The van der Waals surface area contributed by atoms with E-state index in [1.165, 1.54) is 21.9 Å². The number of aliphatic imine (C=N–C) groups is 2. The highest BCUT2D eigenvalue weighted by Crippen LogP contribution is 2.40. The monoisotopic (exact) mass is 653 g/mol. The number of nitrogens with zero attached hydrogens (tertiary/aromatic N) is 2. The van der Waals surface area contributed by atoms with Gasteiger partial charge in [-0.05, 0) is 62.2 Å². The van der Waals surface area contributed by atoms with E-state index in [0.717, 1.165) is 66.4 Å². The van der Waals surface area contributed by atoms with Crippen LogP contribution in [0, 0.1) is 0 Å². The van der Waals surface area contributed by atoms with E-state index in [1.807, 2.05) is 24.3 Å². The smallest absolute Gasteiger partial charge is 0.160 e. The van der Waals surface area contributed by atoms with Crippen LogP contribution in [0.15, 0.2) is 190 Å². The van der Waals surface area contributed by atoms with Gasteiger partial charge in [-0.25, -0.2) is 9.98 Å². The van der Waals surface area contributed by atoms with Crippen molar-refractivity contribution >= 4 is 55.2 Å². The summed E-state index contributed by atoms with van der Waals surface area (Å²) in [6.07, 6.45) is -0.358. The summed E-state index contributed by atoms with van der Waals surface area (Å²) < 4.78 is 6.75. The van der Waals surface area contributed by atoms with E-state index in [-0.39, 0.29) is 6.17 Å². The van der Waals surface area contributed by atoms with Crippen LogP contribution < -0.4 is 5.32 Å². The molecule has 1 aromatic heterocycles. The van der Waals surface area contributed by atoms with Crippen LogP contribution in [0.25, 0.3) is 65.7 Å². The highest BCUT2D eigenvalue weighted by Gasteiger charge is 2.25. The van der Waals surface area contributed by atoms with Crippen molar-refractivity contribution in [2.75, 3.05) is 0 Å². The number of fused-ring (bicyclic) bond motifs is 6. The number of hydrogen-bond donors (Lipinski definition) is 1. The Morgan fingerprint density at radius 1 is 0.471 bits per heavy atom. The van der Waals surface area contributed by atoms with Crippen molar-refractivity contribution in [2.24, 2.45) is 9.98 Å². The molecule has 51 heavy (non-hydrogen) atoms.